The monoisotopic (exact) mass is 561 g/mol. The normalized spacial score (nSPS) is 15.9. The van der Waals surface area contributed by atoms with Gasteiger partial charge >= 0.3 is 0 Å². The molecule has 3 rings (SSSR count). The molecule has 1 fully saturated rings. The Kier molecular flexibility index (Phi) is 9.37. The average molecular weight is 562 g/mol. The molecule has 1 saturated heterocycles. The molecule has 0 aliphatic carbocycles. The van der Waals surface area contributed by atoms with E-state index in [1.807, 2.05) is 6.92 Å². The van der Waals surface area contributed by atoms with E-state index in [9.17, 15) is 27.2 Å². The van der Waals surface area contributed by atoms with Crippen molar-refractivity contribution >= 4 is 27.6 Å². The molecule has 3 amide bonds. The van der Waals surface area contributed by atoms with Crippen LogP contribution in [-0.2, 0) is 25.8 Å². The SMILES string of the molecule is CCc1ccc(F)c(C(=O)NC(C(=O)N2CCC(Oc3ccc(S(C)(=O)=O)cc3)(C(=O)NC)CC2)C(C)C)c1. The highest BCUT2D eigenvalue weighted by Gasteiger charge is 2.45. The number of nitrogens with zero attached hydrogens (tertiary/aromatic N) is 1. The van der Waals surface area contributed by atoms with E-state index in [1.54, 1.807) is 24.8 Å². The third-order valence-electron chi connectivity index (χ3n) is 6.99. The number of likely N-dealkylation sites (N-methyl/N-ethyl adjacent to an activating group) is 1. The van der Waals surface area contributed by atoms with Crippen LogP contribution in [0.15, 0.2) is 47.4 Å². The number of halogens is 1. The molecule has 1 heterocycles. The molecule has 1 unspecified atom stereocenters. The van der Waals surface area contributed by atoms with Crippen molar-refractivity contribution in [2.45, 2.75) is 56.6 Å². The van der Waals surface area contributed by atoms with Gasteiger partial charge in [0.2, 0.25) is 5.91 Å². The zero-order valence-electron chi connectivity index (χ0n) is 22.9. The van der Waals surface area contributed by atoms with E-state index >= 15 is 0 Å². The van der Waals surface area contributed by atoms with Crippen molar-refractivity contribution in [1.29, 1.82) is 0 Å². The van der Waals surface area contributed by atoms with Gasteiger partial charge in [0, 0.05) is 39.2 Å². The largest absolute Gasteiger partial charge is 0.477 e. The van der Waals surface area contributed by atoms with Gasteiger partial charge in [-0.1, -0.05) is 26.8 Å². The molecule has 1 atom stereocenters. The van der Waals surface area contributed by atoms with Crippen molar-refractivity contribution in [2.75, 3.05) is 26.4 Å². The maximum atomic E-state index is 14.4. The van der Waals surface area contributed by atoms with E-state index in [0.717, 1.165) is 11.8 Å². The molecule has 0 spiro atoms. The summed E-state index contributed by atoms with van der Waals surface area (Å²) in [6.45, 7) is 5.87. The van der Waals surface area contributed by atoms with Crippen LogP contribution in [0.2, 0.25) is 0 Å². The molecule has 39 heavy (non-hydrogen) atoms. The topological polar surface area (TPSA) is 122 Å². The van der Waals surface area contributed by atoms with E-state index < -0.39 is 33.2 Å². The molecule has 212 valence electrons. The zero-order valence-corrected chi connectivity index (χ0v) is 23.7. The number of sulfone groups is 1. The number of hydrogen-bond donors (Lipinski definition) is 2. The lowest BCUT2D eigenvalue weighted by Crippen LogP contribution is -2.60. The number of likely N-dealkylation sites (tertiary alicyclic amines) is 1. The molecular formula is C28H36FN3O6S. The van der Waals surface area contributed by atoms with Crippen molar-refractivity contribution in [3.63, 3.8) is 0 Å². The molecule has 11 heteroatoms. The Morgan fingerprint density at radius 2 is 1.69 bits per heavy atom. The predicted molar refractivity (Wildman–Crippen MR) is 145 cm³/mol. The highest BCUT2D eigenvalue weighted by atomic mass is 32.2. The van der Waals surface area contributed by atoms with Gasteiger partial charge in [-0.15, -0.1) is 0 Å². The summed E-state index contributed by atoms with van der Waals surface area (Å²) in [5, 5.41) is 5.32. The third kappa shape index (κ3) is 6.95. The Morgan fingerprint density at radius 3 is 2.21 bits per heavy atom. The number of benzene rings is 2. The lowest BCUT2D eigenvalue weighted by molar-refractivity contribution is -0.147. The Hall–Kier alpha value is -3.47. The van der Waals surface area contributed by atoms with Gasteiger partial charge in [-0.3, -0.25) is 14.4 Å². The Labute approximate surface area is 229 Å². The first-order chi connectivity index (χ1) is 18.3. The summed E-state index contributed by atoms with van der Waals surface area (Å²) in [5.41, 5.74) is -0.569. The number of amides is 3. The number of rotatable bonds is 9. The maximum absolute atomic E-state index is 14.4. The number of hydrogen-bond acceptors (Lipinski definition) is 6. The molecule has 1 aliphatic heterocycles. The van der Waals surface area contributed by atoms with Gasteiger partial charge in [-0.05, 0) is 54.3 Å². The van der Waals surface area contributed by atoms with Gasteiger partial charge in [0.25, 0.3) is 11.8 Å². The lowest BCUT2D eigenvalue weighted by Gasteiger charge is -2.41. The minimum absolute atomic E-state index is 0.111. The fourth-order valence-corrected chi connectivity index (χ4v) is 5.20. The molecule has 2 aromatic carbocycles. The van der Waals surface area contributed by atoms with E-state index in [4.69, 9.17) is 4.74 Å². The summed E-state index contributed by atoms with van der Waals surface area (Å²) in [4.78, 5) is 41.0. The van der Waals surface area contributed by atoms with E-state index in [0.29, 0.717) is 12.2 Å². The van der Waals surface area contributed by atoms with Gasteiger partial charge in [0.15, 0.2) is 15.4 Å². The standard InChI is InChI=1S/C28H36FN3O6S/c1-6-19-7-12-23(29)22(17-19)25(33)31-24(18(2)3)26(34)32-15-13-28(14-16-32,27(35)30-4)38-20-8-10-21(11-9-20)39(5,36)37/h7-12,17-18,24H,6,13-16H2,1-5H3,(H,30,35)(H,31,33). The Bertz CT molecular complexity index is 1320. The minimum atomic E-state index is -3.38. The molecule has 0 bridgehead atoms. The van der Waals surface area contributed by atoms with E-state index in [1.165, 1.54) is 43.4 Å². The van der Waals surface area contributed by atoms with Gasteiger partial charge < -0.3 is 20.3 Å². The molecule has 0 radical (unpaired) electrons. The van der Waals surface area contributed by atoms with Gasteiger partial charge in [-0.25, -0.2) is 12.8 Å². The lowest BCUT2D eigenvalue weighted by atomic mass is 9.89. The van der Waals surface area contributed by atoms with Crippen LogP contribution >= 0.6 is 0 Å². The van der Waals surface area contributed by atoms with Crippen molar-refractivity contribution in [3.8, 4) is 5.75 Å². The third-order valence-corrected chi connectivity index (χ3v) is 8.12. The summed E-state index contributed by atoms with van der Waals surface area (Å²) < 4.78 is 44.0. The van der Waals surface area contributed by atoms with Crippen LogP contribution in [0.3, 0.4) is 0 Å². The molecular weight excluding hydrogens is 525 g/mol. The number of nitrogens with one attached hydrogen (secondary N) is 2. The van der Waals surface area contributed by atoms with Crippen LogP contribution in [-0.4, -0.2) is 69.1 Å². The van der Waals surface area contributed by atoms with Crippen LogP contribution in [0.5, 0.6) is 5.75 Å². The second-order valence-electron chi connectivity index (χ2n) is 10.1. The second kappa shape index (κ2) is 12.1. The number of carbonyl (C=O) groups is 3. The summed E-state index contributed by atoms with van der Waals surface area (Å²) in [6, 6.07) is 9.28. The van der Waals surface area contributed by atoms with Crippen LogP contribution in [0, 0.1) is 11.7 Å². The first-order valence-electron chi connectivity index (χ1n) is 12.9. The fourth-order valence-electron chi connectivity index (χ4n) is 4.57. The van der Waals surface area contributed by atoms with E-state index in [2.05, 4.69) is 10.6 Å². The highest BCUT2D eigenvalue weighted by molar-refractivity contribution is 7.90. The predicted octanol–water partition coefficient (Wildman–Crippen LogP) is 2.73. The molecule has 0 aromatic heterocycles. The van der Waals surface area contributed by atoms with Crippen LogP contribution in [0.1, 0.15) is 49.5 Å². The number of ether oxygens (including phenoxy) is 1. The fraction of sp³-hybridized carbons (Fsp3) is 0.464. The summed E-state index contributed by atoms with van der Waals surface area (Å²) >= 11 is 0. The van der Waals surface area contributed by atoms with Crippen molar-refractivity contribution in [2.24, 2.45) is 5.92 Å². The quantitative estimate of drug-likeness (QED) is 0.486. The molecule has 0 saturated carbocycles. The van der Waals surface area contributed by atoms with Crippen molar-refractivity contribution in [3.05, 3.63) is 59.4 Å². The van der Waals surface area contributed by atoms with Gasteiger partial charge in [-0.2, -0.15) is 0 Å². The summed E-state index contributed by atoms with van der Waals surface area (Å²) in [7, 11) is -1.89. The maximum Gasteiger partial charge on any atom is 0.264 e. The average Bonchev–Trinajstić information content (AvgIpc) is 2.91. The number of aryl methyl sites for hydroxylation is 1. The van der Waals surface area contributed by atoms with Crippen LogP contribution < -0.4 is 15.4 Å². The first-order valence-corrected chi connectivity index (χ1v) is 14.8. The highest BCUT2D eigenvalue weighted by Crippen LogP contribution is 2.30. The molecule has 2 N–H and O–H groups in total. The number of carbonyl (C=O) groups excluding carboxylic acids is 3. The van der Waals surface area contributed by atoms with Crippen LogP contribution in [0.25, 0.3) is 0 Å². The summed E-state index contributed by atoms with van der Waals surface area (Å²) in [6.07, 6.45) is 2.10. The smallest absolute Gasteiger partial charge is 0.264 e. The van der Waals surface area contributed by atoms with Crippen molar-refractivity contribution < 1.29 is 31.9 Å². The molecule has 1 aliphatic rings. The van der Waals surface area contributed by atoms with Gasteiger partial charge in [0.1, 0.15) is 17.6 Å². The number of piperidine rings is 1. The van der Waals surface area contributed by atoms with Gasteiger partial charge in [0.05, 0.1) is 10.5 Å². The van der Waals surface area contributed by atoms with Crippen molar-refractivity contribution in [1.82, 2.24) is 15.5 Å². The molecule has 2 aromatic rings. The zero-order chi connectivity index (χ0) is 29.0. The Morgan fingerprint density at radius 1 is 1.08 bits per heavy atom. The summed E-state index contributed by atoms with van der Waals surface area (Å²) in [5.74, 6) is -1.94. The van der Waals surface area contributed by atoms with Crippen LogP contribution in [0.4, 0.5) is 4.39 Å². The van der Waals surface area contributed by atoms with E-state index in [-0.39, 0.29) is 54.1 Å². The minimum Gasteiger partial charge on any atom is -0.477 e. The second-order valence-corrected chi connectivity index (χ2v) is 12.1. The molecule has 9 nitrogen and oxygen atoms in total. The Balaban J connectivity index is 1.74. The first kappa shape index (κ1) is 30.1.